The van der Waals surface area contributed by atoms with Crippen molar-refractivity contribution < 1.29 is 17.9 Å². The summed E-state index contributed by atoms with van der Waals surface area (Å²) in [6, 6.07) is 1.69. The smallest absolute Gasteiger partial charge is 0.242 e. The fourth-order valence-electron chi connectivity index (χ4n) is 5.66. The topological polar surface area (TPSA) is 80.8 Å². The molecule has 1 N–H and O–H groups in total. The van der Waals surface area contributed by atoms with Crippen LogP contribution < -0.4 is 9.62 Å². The molecule has 0 radical (unpaired) electrons. The summed E-state index contributed by atoms with van der Waals surface area (Å²) in [4.78, 5) is 6.96. The maximum atomic E-state index is 13.1. The van der Waals surface area contributed by atoms with E-state index in [1.165, 1.54) is 19.0 Å². The van der Waals surface area contributed by atoms with Crippen molar-refractivity contribution in [2.24, 2.45) is 11.3 Å². The predicted molar refractivity (Wildman–Crippen MR) is 133 cm³/mol. The highest BCUT2D eigenvalue weighted by atomic mass is 79.9. The average molecular weight is 545 g/mol. The standard InChI is InChI=1S/C24H38BrN3O4S/c1-18(2)14-24(8-3-4-9-24)17-27-33(29,30)21-13-22(25)23(26-15-21)28-10-5-19(6-11-28)32-20-7-12-31-16-20/h13,15,18-20,27H,3-12,14,16-17H2,1-2H3. The molecular weight excluding hydrogens is 506 g/mol. The molecule has 3 aliphatic rings. The van der Waals surface area contributed by atoms with Gasteiger partial charge in [-0.1, -0.05) is 26.7 Å². The Kier molecular flexibility index (Phi) is 8.37. The fraction of sp³-hybridized carbons (Fsp3) is 0.792. The van der Waals surface area contributed by atoms with Gasteiger partial charge in [-0.05, 0) is 71.9 Å². The summed E-state index contributed by atoms with van der Waals surface area (Å²) >= 11 is 3.58. The molecule has 2 aliphatic heterocycles. The maximum Gasteiger partial charge on any atom is 0.242 e. The van der Waals surface area contributed by atoms with Gasteiger partial charge in [-0.15, -0.1) is 0 Å². The van der Waals surface area contributed by atoms with Crippen molar-refractivity contribution in [2.75, 3.05) is 37.7 Å². The van der Waals surface area contributed by atoms with Crippen LogP contribution in [0, 0.1) is 11.3 Å². The summed E-state index contributed by atoms with van der Waals surface area (Å²) in [6.45, 7) is 8.11. The van der Waals surface area contributed by atoms with E-state index in [0.717, 1.165) is 64.0 Å². The largest absolute Gasteiger partial charge is 0.379 e. The normalized spacial score (nSPS) is 24.1. The maximum absolute atomic E-state index is 13.1. The minimum Gasteiger partial charge on any atom is -0.379 e. The first kappa shape index (κ1) is 25.4. The minimum absolute atomic E-state index is 0.0862. The number of aromatic nitrogens is 1. The lowest BCUT2D eigenvalue weighted by Gasteiger charge is -2.34. The van der Waals surface area contributed by atoms with E-state index in [2.05, 4.69) is 44.4 Å². The Morgan fingerprint density at radius 3 is 2.58 bits per heavy atom. The number of ether oxygens (including phenoxy) is 2. The Morgan fingerprint density at radius 2 is 1.97 bits per heavy atom. The van der Waals surface area contributed by atoms with E-state index in [9.17, 15) is 8.42 Å². The molecule has 1 aromatic rings. The Bertz CT molecular complexity index is 891. The molecule has 1 aliphatic carbocycles. The van der Waals surface area contributed by atoms with Crippen LogP contribution in [0.5, 0.6) is 0 Å². The van der Waals surface area contributed by atoms with Gasteiger partial charge in [-0.25, -0.2) is 18.1 Å². The summed E-state index contributed by atoms with van der Waals surface area (Å²) in [5.74, 6) is 1.35. The third-order valence-corrected chi connectivity index (χ3v) is 9.22. The van der Waals surface area contributed by atoms with Gasteiger partial charge >= 0.3 is 0 Å². The summed E-state index contributed by atoms with van der Waals surface area (Å²) in [6.07, 6.45) is 10.5. The second-order valence-corrected chi connectivity index (χ2v) is 13.0. The Morgan fingerprint density at radius 1 is 1.24 bits per heavy atom. The van der Waals surface area contributed by atoms with Gasteiger partial charge in [-0.3, -0.25) is 0 Å². The molecule has 0 aromatic carbocycles. The first-order chi connectivity index (χ1) is 15.8. The van der Waals surface area contributed by atoms with Crippen LogP contribution in [0.3, 0.4) is 0 Å². The van der Waals surface area contributed by atoms with Crippen LogP contribution in [0.1, 0.15) is 65.2 Å². The number of piperidine rings is 1. The Hall–Kier alpha value is -0.740. The summed E-state index contributed by atoms with van der Waals surface area (Å²) < 4.78 is 41.3. The lowest BCUT2D eigenvalue weighted by atomic mass is 9.79. The van der Waals surface area contributed by atoms with Gasteiger partial charge in [0.2, 0.25) is 10.0 Å². The van der Waals surface area contributed by atoms with Crippen LogP contribution in [0.15, 0.2) is 21.6 Å². The molecule has 9 heteroatoms. The molecule has 0 spiro atoms. The zero-order valence-corrected chi connectivity index (χ0v) is 22.3. The molecular formula is C24H38BrN3O4S. The second-order valence-electron chi connectivity index (χ2n) is 10.4. The molecule has 7 nitrogen and oxygen atoms in total. The zero-order chi connectivity index (χ0) is 23.5. The van der Waals surface area contributed by atoms with Crippen molar-refractivity contribution in [3.05, 3.63) is 16.7 Å². The third kappa shape index (κ3) is 6.48. The van der Waals surface area contributed by atoms with E-state index in [1.54, 1.807) is 6.07 Å². The molecule has 1 saturated carbocycles. The number of nitrogens with one attached hydrogen (secondary N) is 1. The lowest BCUT2D eigenvalue weighted by molar-refractivity contribution is -0.0261. The molecule has 1 unspecified atom stereocenters. The van der Waals surface area contributed by atoms with E-state index in [0.29, 0.717) is 23.5 Å². The Balaban J connectivity index is 1.35. The molecule has 1 atom stereocenters. The highest BCUT2D eigenvalue weighted by molar-refractivity contribution is 9.10. The van der Waals surface area contributed by atoms with Gasteiger partial charge in [0.05, 0.1) is 23.3 Å². The number of hydrogen-bond donors (Lipinski definition) is 1. The van der Waals surface area contributed by atoms with Crippen LogP contribution in [-0.2, 0) is 19.5 Å². The molecule has 1 aromatic heterocycles. The molecule has 4 rings (SSSR count). The van der Waals surface area contributed by atoms with Gasteiger partial charge in [0, 0.05) is 32.4 Å². The monoisotopic (exact) mass is 543 g/mol. The fourth-order valence-corrected chi connectivity index (χ4v) is 7.54. The van der Waals surface area contributed by atoms with Gasteiger partial charge in [0.15, 0.2) is 0 Å². The number of halogens is 1. The van der Waals surface area contributed by atoms with Crippen molar-refractivity contribution in [2.45, 2.75) is 82.3 Å². The highest BCUT2D eigenvalue weighted by Crippen LogP contribution is 2.43. The number of anilines is 1. The van der Waals surface area contributed by atoms with Gasteiger partial charge in [-0.2, -0.15) is 0 Å². The van der Waals surface area contributed by atoms with Crippen molar-refractivity contribution in [1.82, 2.24) is 9.71 Å². The first-order valence-corrected chi connectivity index (χ1v) is 14.7. The number of rotatable bonds is 9. The summed E-state index contributed by atoms with van der Waals surface area (Å²) in [7, 11) is -3.61. The van der Waals surface area contributed by atoms with Crippen LogP contribution >= 0.6 is 15.9 Å². The molecule has 33 heavy (non-hydrogen) atoms. The SMILES string of the molecule is CC(C)CC1(CNS(=O)(=O)c2cnc(N3CCC(OC4CCOC4)CC3)c(Br)c2)CCCC1. The third-order valence-electron chi connectivity index (χ3n) is 7.26. The summed E-state index contributed by atoms with van der Waals surface area (Å²) in [5, 5.41) is 0. The molecule has 0 bridgehead atoms. The van der Waals surface area contributed by atoms with Crippen molar-refractivity contribution in [1.29, 1.82) is 0 Å². The van der Waals surface area contributed by atoms with Crippen LogP contribution in [0.25, 0.3) is 0 Å². The number of hydrogen-bond acceptors (Lipinski definition) is 6. The minimum atomic E-state index is -3.61. The Labute approximate surface area is 207 Å². The molecule has 3 heterocycles. The number of nitrogens with zero attached hydrogens (tertiary/aromatic N) is 2. The summed E-state index contributed by atoms with van der Waals surface area (Å²) in [5.41, 5.74) is 0.0862. The van der Waals surface area contributed by atoms with Crippen LogP contribution in [0.4, 0.5) is 5.82 Å². The van der Waals surface area contributed by atoms with Gasteiger partial charge in [0.1, 0.15) is 10.7 Å². The molecule has 3 fully saturated rings. The van der Waals surface area contributed by atoms with Crippen molar-refractivity contribution in [3.63, 3.8) is 0 Å². The number of pyridine rings is 1. The van der Waals surface area contributed by atoms with Crippen LogP contribution in [0.2, 0.25) is 0 Å². The average Bonchev–Trinajstić information content (AvgIpc) is 3.45. The van der Waals surface area contributed by atoms with Gasteiger partial charge in [0.25, 0.3) is 0 Å². The van der Waals surface area contributed by atoms with Crippen LogP contribution in [-0.4, -0.2) is 58.5 Å². The van der Waals surface area contributed by atoms with E-state index in [4.69, 9.17) is 9.47 Å². The molecule has 186 valence electrons. The van der Waals surface area contributed by atoms with E-state index in [1.807, 2.05) is 0 Å². The molecule has 2 saturated heterocycles. The van der Waals surface area contributed by atoms with Gasteiger partial charge < -0.3 is 14.4 Å². The highest BCUT2D eigenvalue weighted by Gasteiger charge is 2.36. The van der Waals surface area contributed by atoms with E-state index < -0.39 is 10.0 Å². The zero-order valence-electron chi connectivity index (χ0n) is 19.9. The number of sulfonamides is 1. The van der Waals surface area contributed by atoms with E-state index in [-0.39, 0.29) is 22.5 Å². The van der Waals surface area contributed by atoms with E-state index >= 15 is 0 Å². The second kappa shape index (κ2) is 10.9. The predicted octanol–water partition coefficient (Wildman–Crippen LogP) is 4.50. The van der Waals surface area contributed by atoms with Crippen molar-refractivity contribution >= 4 is 31.8 Å². The molecule has 0 amide bonds. The van der Waals surface area contributed by atoms with Crippen molar-refractivity contribution in [3.8, 4) is 0 Å². The lowest BCUT2D eigenvalue weighted by Crippen LogP contribution is -2.39. The quantitative estimate of drug-likeness (QED) is 0.493. The first-order valence-electron chi connectivity index (χ1n) is 12.4.